The molecule has 0 radical (unpaired) electrons. The van der Waals surface area contributed by atoms with Crippen LogP contribution in [0.25, 0.3) is 22.0 Å². The Morgan fingerprint density at radius 1 is 0.938 bits per heavy atom. The van der Waals surface area contributed by atoms with Crippen molar-refractivity contribution < 1.29 is 8.78 Å². The highest BCUT2D eigenvalue weighted by atomic mass is 19.1. The third-order valence-electron chi connectivity index (χ3n) is 6.17. The molecule has 1 fully saturated rings. The van der Waals surface area contributed by atoms with E-state index >= 15 is 0 Å². The van der Waals surface area contributed by atoms with E-state index in [4.69, 9.17) is 0 Å². The van der Waals surface area contributed by atoms with Gasteiger partial charge in [0.15, 0.2) is 0 Å². The van der Waals surface area contributed by atoms with E-state index in [0.29, 0.717) is 24.7 Å². The Morgan fingerprint density at radius 3 is 2.56 bits per heavy atom. The first kappa shape index (κ1) is 20.8. The van der Waals surface area contributed by atoms with Crippen LogP contribution in [0.15, 0.2) is 66.9 Å². The fraction of sp³-hybridized carbons (Fsp3) is 0.269. The molecule has 4 aromatic rings. The average Bonchev–Trinajstić information content (AvgIpc) is 3.48. The number of hydrogen-bond acceptors (Lipinski definition) is 3. The van der Waals surface area contributed by atoms with E-state index in [1.807, 2.05) is 24.3 Å². The number of nitrogens with one attached hydrogen (secondary N) is 2. The highest BCUT2D eigenvalue weighted by Crippen LogP contribution is 2.26. The molecule has 6 heteroatoms. The predicted octanol–water partition coefficient (Wildman–Crippen LogP) is 5.26. The van der Waals surface area contributed by atoms with Crippen LogP contribution in [-0.4, -0.2) is 34.2 Å². The number of aromatic amines is 1. The van der Waals surface area contributed by atoms with Gasteiger partial charge in [-0.1, -0.05) is 24.3 Å². The summed E-state index contributed by atoms with van der Waals surface area (Å²) < 4.78 is 28.2. The van der Waals surface area contributed by atoms with Crippen molar-refractivity contribution in [3.63, 3.8) is 0 Å². The van der Waals surface area contributed by atoms with Gasteiger partial charge in [-0.3, -0.25) is 10.00 Å². The van der Waals surface area contributed by atoms with Gasteiger partial charge in [0, 0.05) is 36.6 Å². The number of nitrogens with zero attached hydrogens (tertiary/aromatic N) is 2. The maximum absolute atomic E-state index is 14.8. The summed E-state index contributed by atoms with van der Waals surface area (Å²) in [7, 11) is 0. The molecule has 164 valence electrons. The monoisotopic (exact) mass is 432 g/mol. The lowest BCUT2D eigenvalue weighted by atomic mass is 10.0. The van der Waals surface area contributed by atoms with Crippen molar-refractivity contribution in [1.29, 1.82) is 0 Å². The first-order valence-electron chi connectivity index (χ1n) is 11.1. The molecule has 1 aliphatic rings. The lowest BCUT2D eigenvalue weighted by Gasteiger charge is -2.26. The van der Waals surface area contributed by atoms with Crippen molar-refractivity contribution in [2.45, 2.75) is 32.0 Å². The molecule has 4 nitrogen and oxygen atoms in total. The number of rotatable bonds is 7. The maximum Gasteiger partial charge on any atom is 0.127 e. The Balaban J connectivity index is 1.41. The highest BCUT2D eigenvalue weighted by molar-refractivity contribution is 5.84. The van der Waals surface area contributed by atoms with Crippen molar-refractivity contribution in [3.05, 3.63) is 89.6 Å². The Labute approximate surface area is 186 Å². The fourth-order valence-electron chi connectivity index (χ4n) is 4.50. The van der Waals surface area contributed by atoms with Crippen molar-refractivity contribution in [3.8, 4) is 11.1 Å². The largest absolute Gasteiger partial charge is 0.313 e. The summed E-state index contributed by atoms with van der Waals surface area (Å²) >= 11 is 0. The maximum atomic E-state index is 14.8. The number of aromatic nitrogens is 2. The zero-order valence-electron chi connectivity index (χ0n) is 17.8. The molecular weight excluding hydrogens is 406 g/mol. The van der Waals surface area contributed by atoms with Gasteiger partial charge in [0.2, 0.25) is 0 Å². The zero-order valence-corrected chi connectivity index (χ0v) is 17.8. The Kier molecular flexibility index (Phi) is 5.97. The molecular formula is C26H26F2N4. The van der Waals surface area contributed by atoms with E-state index in [-0.39, 0.29) is 11.6 Å². The third kappa shape index (κ3) is 4.71. The van der Waals surface area contributed by atoms with Crippen LogP contribution < -0.4 is 5.32 Å². The quantitative estimate of drug-likeness (QED) is 0.419. The van der Waals surface area contributed by atoms with Gasteiger partial charge in [0.05, 0.1) is 11.7 Å². The summed E-state index contributed by atoms with van der Waals surface area (Å²) in [6.45, 7) is 2.98. The molecule has 0 spiro atoms. The SMILES string of the molecule is Fc1ccc(CN(Cc2cc(-c3ccc4[nH]ncc4c3)ccc2F)C[C@@H]2CCCN2)cc1. The summed E-state index contributed by atoms with van der Waals surface area (Å²) in [4.78, 5) is 2.25. The van der Waals surface area contributed by atoms with Gasteiger partial charge in [-0.2, -0.15) is 5.10 Å². The molecule has 1 aliphatic heterocycles. The molecule has 0 unspecified atom stereocenters. The molecule has 0 amide bonds. The van der Waals surface area contributed by atoms with E-state index in [9.17, 15) is 8.78 Å². The molecule has 2 N–H and O–H groups in total. The topological polar surface area (TPSA) is 44.0 Å². The minimum atomic E-state index is -0.244. The Bertz CT molecular complexity index is 1200. The predicted molar refractivity (Wildman–Crippen MR) is 123 cm³/mol. The van der Waals surface area contributed by atoms with Crippen LogP contribution in [-0.2, 0) is 13.1 Å². The van der Waals surface area contributed by atoms with Crippen LogP contribution >= 0.6 is 0 Å². The second-order valence-electron chi connectivity index (χ2n) is 8.57. The van der Waals surface area contributed by atoms with Gasteiger partial charge >= 0.3 is 0 Å². The first-order valence-corrected chi connectivity index (χ1v) is 11.1. The van der Waals surface area contributed by atoms with Crippen LogP contribution in [0.2, 0.25) is 0 Å². The van der Waals surface area contributed by atoms with Gasteiger partial charge in [-0.15, -0.1) is 0 Å². The number of halogens is 2. The molecule has 32 heavy (non-hydrogen) atoms. The van der Waals surface area contributed by atoms with Gasteiger partial charge in [-0.25, -0.2) is 8.78 Å². The Morgan fingerprint density at radius 2 is 1.75 bits per heavy atom. The standard InChI is InChI=1S/C26H26F2N4/c27-23-7-3-18(4-8-23)15-32(17-24-2-1-11-29-24)16-22-13-19(5-9-25(22)28)20-6-10-26-21(12-20)14-30-31-26/h3-10,12-14,24,29H,1-2,11,15-17H2,(H,30,31)/t24-/m0/s1. The van der Waals surface area contributed by atoms with Crippen molar-refractivity contribution >= 4 is 10.9 Å². The van der Waals surface area contributed by atoms with E-state index in [2.05, 4.69) is 26.5 Å². The number of benzene rings is 3. The third-order valence-corrected chi connectivity index (χ3v) is 6.17. The van der Waals surface area contributed by atoms with E-state index in [0.717, 1.165) is 53.5 Å². The smallest absolute Gasteiger partial charge is 0.127 e. The molecule has 0 aliphatic carbocycles. The fourth-order valence-corrected chi connectivity index (χ4v) is 4.50. The average molecular weight is 433 g/mol. The minimum absolute atomic E-state index is 0.207. The normalized spacial score (nSPS) is 16.3. The lowest BCUT2D eigenvalue weighted by Crippen LogP contribution is -2.37. The van der Waals surface area contributed by atoms with E-state index in [1.165, 1.54) is 12.1 Å². The minimum Gasteiger partial charge on any atom is -0.313 e. The molecule has 3 aromatic carbocycles. The number of fused-ring (bicyclic) bond motifs is 1. The molecule has 0 saturated carbocycles. The van der Waals surface area contributed by atoms with Crippen LogP contribution in [0.5, 0.6) is 0 Å². The second kappa shape index (κ2) is 9.18. The molecule has 0 bridgehead atoms. The van der Waals surface area contributed by atoms with E-state index in [1.54, 1.807) is 24.4 Å². The van der Waals surface area contributed by atoms with Crippen molar-refractivity contribution in [1.82, 2.24) is 20.4 Å². The van der Waals surface area contributed by atoms with Crippen molar-refractivity contribution in [2.75, 3.05) is 13.1 Å². The van der Waals surface area contributed by atoms with Crippen LogP contribution in [0.3, 0.4) is 0 Å². The molecule has 1 aromatic heterocycles. The summed E-state index contributed by atoms with van der Waals surface area (Å²) in [5.41, 5.74) is 4.67. The number of hydrogen-bond donors (Lipinski definition) is 2. The molecule has 1 atom stereocenters. The second-order valence-corrected chi connectivity index (χ2v) is 8.57. The van der Waals surface area contributed by atoms with Gasteiger partial charge in [0.1, 0.15) is 11.6 Å². The zero-order chi connectivity index (χ0) is 21.9. The van der Waals surface area contributed by atoms with Gasteiger partial charge < -0.3 is 5.32 Å². The van der Waals surface area contributed by atoms with Crippen molar-refractivity contribution in [2.24, 2.45) is 0 Å². The van der Waals surface area contributed by atoms with Crippen LogP contribution in [0.1, 0.15) is 24.0 Å². The summed E-state index contributed by atoms with van der Waals surface area (Å²) in [6.07, 6.45) is 4.07. The Hall–Kier alpha value is -3.09. The summed E-state index contributed by atoms with van der Waals surface area (Å²) in [6, 6.07) is 18.4. The molecule has 1 saturated heterocycles. The lowest BCUT2D eigenvalue weighted by molar-refractivity contribution is 0.230. The summed E-state index contributed by atoms with van der Waals surface area (Å²) in [5.74, 6) is -0.451. The van der Waals surface area contributed by atoms with Crippen LogP contribution in [0, 0.1) is 11.6 Å². The first-order chi connectivity index (χ1) is 15.6. The molecule has 2 heterocycles. The summed E-state index contributed by atoms with van der Waals surface area (Å²) in [5, 5.41) is 11.6. The van der Waals surface area contributed by atoms with Gasteiger partial charge in [0.25, 0.3) is 0 Å². The van der Waals surface area contributed by atoms with Crippen LogP contribution in [0.4, 0.5) is 8.78 Å². The highest BCUT2D eigenvalue weighted by Gasteiger charge is 2.20. The van der Waals surface area contributed by atoms with E-state index < -0.39 is 0 Å². The van der Waals surface area contributed by atoms with Gasteiger partial charge in [-0.05, 0) is 72.5 Å². The molecule has 5 rings (SSSR count). The number of H-pyrrole nitrogens is 1.